The van der Waals surface area contributed by atoms with Crippen LogP contribution < -0.4 is 10.1 Å². The molecule has 1 atom stereocenters. The zero-order valence-corrected chi connectivity index (χ0v) is 13.1. The molecular formula is C18H26N2O. The zero-order chi connectivity index (χ0) is 14.7. The first-order valence-electron chi connectivity index (χ1n) is 8.22. The molecular weight excluding hydrogens is 260 g/mol. The Kier molecular flexibility index (Phi) is 4.49. The molecule has 1 aromatic carbocycles. The van der Waals surface area contributed by atoms with Crippen molar-refractivity contribution in [1.29, 1.82) is 0 Å². The summed E-state index contributed by atoms with van der Waals surface area (Å²) in [6.07, 6.45) is 7.64. The monoisotopic (exact) mass is 286 g/mol. The molecule has 0 radical (unpaired) electrons. The maximum Gasteiger partial charge on any atom is 0.129 e. The summed E-state index contributed by atoms with van der Waals surface area (Å²) in [4.78, 5) is 0. The van der Waals surface area contributed by atoms with E-state index in [1.165, 1.54) is 43.1 Å². The molecule has 0 amide bonds. The van der Waals surface area contributed by atoms with Gasteiger partial charge in [-0.3, -0.25) is 0 Å². The topological polar surface area (TPSA) is 26.2 Å². The van der Waals surface area contributed by atoms with Gasteiger partial charge in [0, 0.05) is 24.2 Å². The lowest BCUT2D eigenvalue weighted by atomic mass is 10.0. The lowest BCUT2D eigenvalue weighted by Crippen LogP contribution is -2.34. The molecule has 1 aromatic heterocycles. The number of rotatable bonds is 5. The van der Waals surface area contributed by atoms with Crippen molar-refractivity contribution < 1.29 is 4.74 Å². The van der Waals surface area contributed by atoms with E-state index in [-0.39, 0.29) is 6.10 Å². The van der Waals surface area contributed by atoms with Gasteiger partial charge in [-0.05, 0) is 57.9 Å². The van der Waals surface area contributed by atoms with Gasteiger partial charge in [0.05, 0.1) is 11.6 Å². The van der Waals surface area contributed by atoms with Crippen LogP contribution in [0.4, 0.5) is 0 Å². The molecule has 114 valence electrons. The average molecular weight is 286 g/mol. The number of hydrogen-bond acceptors (Lipinski definition) is 2. The van der Waals surface area contributed by atoms with Gasteiger partial charge in [-0.15, -0.1) is 0 Å². The third kappa shape index (κ3) is 3.41. The highest BCUT2D eigenvalue weighted by atomic mass is 16.5. The first-order chi connectivity index (χ1) is 10.2. The third-order valence-electron chi connectivity index (χ3n) is 4.27. The van der Waals surface area contributed by atoms with E-state index in [4.69, 9.17) is 4.74 Å². The molecule has 0 bridgehead atoms. The van der Waals surface area contributed by atoms with Gasteiger partial charge in [0.15, 0.2) is 0 Å². The number of benzene rings is 1. The van der Waals surface area contributed by atoms with Crippen LogP contribution in [-0.2, 0) is 6.54 Å². The predicted molar refractivity (Wildman–Crippen MR) is 88.0 cm³/mol. The van der Waals surface area contributed by atoms with Crippen molar-refractivity contribution in [2.24, 2.45) is 0 Å². The minimum Gasteiger partial charge on any atom is -0.490 e. The van der Waals surface area contributed by atoms with Gasteiger partial charge in [0.2, 0.25) is 0 Å². The Hall–Kier alpha value is -1.48. The van der Waals surface area contributed by atoms with Crippen LogP contribution in [0.15, 0.2) is 30.5 Å². The molecule has 1 unspecified atom stereocenters. The molecule has 1 aliphatic rings. The van der Waals surface area contributed by atoms with Crippen molar-refractivity contribution in [3.63, 3.8) is 0 Å². The molecule has 3 nitrogen and oxygen atoms in total. The number of nitrogens with one attached hydrogen (secondary N) is 1. The van der Waals surface area contributed by atoms with E-state index in [2.05, 4.69) is 54.2 Å². The highest BCUT2D eigenvalue weighted by Crippen LogP contribution is 2.27. The summed E-state index contributed by atoms with van der Waals surface area (Å²) in [5.41, 5.74) is 1.28. The average Bonchev–Trinajstić information content (AvgIpc) is 2.90. The van der Waals surface area contributed by atoms with Crippen LogP contribution in [0.3, 0.4) is 0 Å². The van der Waals surface area contributed by atoms with E-state index < -0.39 is 0 Å². The van der Waals surface area contributed by atoms with Crippen LogP contribution in [0.2, 0.25) is 0 Å². The van der Waals surface area contributed by atoms with E-state index in [9.17, 15) is 0 Å². The number of aromatic nitrogens is 1. The molecule has 0 spiro atoms. The molecule has 2 heterocycles. The number of ether oxygens (including phenoxy) is 1. The van der Waals surface area contributed by atoms with E-state index in [1.807, 2.05) is 0 Å². The van der Waals surface area contributed by atoms with Crippen LogP contribution in [0.1, 0.15) is 39.5 Å². The van der Waals surface area contributed by atoms with Crippen molar-refractivity contribution in [3.8, 4) is 5.75 Å². The third-order valence-corrected chi connectivity index (χ3v) is 4.27. The van der Waals surface area contributed by atoms with Gasteiger partial charge in [0.1, 0.15) is 5.75 Å². The van der Waals surface area contributed by atoms with Crippen molar-refractivity contribution in [2.45, 2.75) is 58.2 Å². The second-order valence-corrected chi connectivity index (χ2v) is 6.30. The molecule has 2 aromatic rings. The van der Waals surface area contributed by atoms with Crippen LogP contribution in [-0.4, -0.2) is 23.3 Å². The van der Waals surface area contributed by atoms with E-state index in [1.54, 1.807) is 0 Å². The summed E-state index contributed by atoms with van der Waals surface area (Å²) in [6, 6.07) is 9.22. The van der Waals surface area contributed by atoms with Gasteiger partial charge in [-0.2, -0.15) is 0 Å². The highest BCUT2D eigenvalue weighted by Gasteiger charge is 2.13. The maximum atomic E-state index is 5.91. The van der Waals surface area contributed by atoms with Crippen molar-refractivity contribution >= 4 is 10.9 Å². The predicted octanol–water partition coefficient (Wildman–Crippen LogP) is 3.96. The Balaban J connectivity index is 1.73. The van der Waals surface area contributed by atoms with Crippen LogP contribution in [0.25, 0.3) is 10.9 Å². The molecule has 21 heavy (non-hydrogen) atoms. The van der Waals surface area contributed by atoms with Crippen molar-refractivity contribution in [2.75, 3.05) is 6.54 Å². The summed E-state index contributed by atoms with van der Waals surface area (Å²) < 4.78 is 8.27. The largest absolute Gasteiger partial charge is 0.490 e. The number of aryl methyl sites for hydroxylation is 1. The summed E-state index contributed by atoms with van der Waals surface area (Å²) in [7, 11) is 0. The van der Waals surface area contributed by atoms with Gasteiger partial charge in [-0.1, -0.05) is 12.5 Å². The first kappa shape index (κ1) is 14.5. The van der Waals surface area contributed by atoms with Crippen molar-refractivity contribution in [3.05, 3.63) is 30.5 Å². The van der Waals surface area contributed by atoms with E-state index >= 15 is 0 Å². The first-order valence-corrected chi connectivity index (χ1v) is 8.22. The smallest absolute Gasteiger partial charge is 0.129 e. The Bertz CT molecular complexity index is 582. The molecule has 0 saturated carbocycles. The standard InChI is InChI=1S/C18H26N2O/c1-14(2)21-18-8-5-7-17-16(18)10-13-20(17)12-9-15-6-3-4-11-19-15/h5,7-8,10,13-15,19H,3-4,6,9,11-12H2,1-2H3. The molecule has 1 fully saturated rings. The SMILES string of the molecule is CC(C)Oc1cccc2c1ccn2CCC1CCCCN1. The second-order valence-electron chi connectivity index (χ2n) is 6.30. The van der Waals surface area contributed by atoms with Crippen LogP contribution >= 0.6 is 0 Å². The number of hydrogen-bond donors (Lipinski definition) is 1. The number of piperidine rings is 1. The molecule has 3 heteroatoms. The Morgan fingerprint density at radius 3 is 2.95 bits per heavy atom. The Morgan fingerprint density at radius 2 is 2.19 bits per heavy atom. The second kappa shape index (κ2) is 6.52. The molecule has 1 N–H and O–H groups in total. The fourth-order valence-electron chi connectivity index (χ4n) is 3.21. The van der Waals surface area contributed by atoms with Crippen LogP contribution in [0, 0.1) is 0 Å². The van der Waals surface area contributed by atoms with Gasteiger partial charge >= 0.3 is 0 Å². The molecule has 1 saturated heterocycles. The minimum absolute atomic E-state index is 0.213. The summed E-state index contributed by atoms with van der Waals surface area (Å²) in [5, 5.41) is 4.85. The molecule has 0 aliphatic carbocycles. The normalized spacial score (nSPS) is 19.3. The van der Waals surface area contributed by atoms with Gasteiger partial charge in [0.25, 0.3) is 0 Å². The fraction of sp³-hybridized carbons (Fsp3) is 0.556. The van der Waals surface area contributed by atoms with Gasteiger partial charge < -0.3 is 14.6 Å². The maximum absolute atomic E-state index is 5.91. The lowest BCUT2D eigenvalue weighted by molar-refractivity contribution is 0.245. The summed E-state index contributed by atoms with van der Waals surface area (Å²) >= 11 is 0. The number of nitrogens with zero attached hydrogens (tertiary/aromatic N) is 1. The van der Waals surface area contributed by atoms with Crippen LogP contribution in [0.5, 0.6) is 5.75 Å². The minimum atomic E-state index is 0.213. The summed E-state index contributed by atoms with van der Waals surface area (Å²) in [6.45, 7) is 6.41. The van der Waals surface area contributed by atoms with E-state index in [0.29, 0.717) is 6.04 Å². The fourth-order valence-corrected chi connectivity index (χ4v) is 3.21. The Labute approximate surface area is 127 Å². The molecule has 3 rings (SSSR count). The van der Waals surface area contributed by atoms with Gasteiger partial charge in [-0.25, -0.2) is 0 Å². The van der Waals surface area contributed by atoms with Crippen molar-refractivity contribution in [1.82, 2.24) is 9.88 Å². The number of fused-ring (bicyclic) bond motifs is 1. The Morgan fingerprint density at radius 1 is 1.29 bits per heavy atom. The lowest BCUT2D eigenvalue weighted by Gasteiger charge is -2.23. The molecule has 1 aliphatic heterocycles. The quantitative estimate of drug-likeness (QED) is 0.900. The zero-order valence-electron chi connectivity index (χ0n) is 13.1. The summed E-state index contributed by atoms with van der Waals surface area (Å²) in [5.74, 6) is 0.997. The highest BCUT2D eigenvalue weighted by molar-refractivity contribution is 5.86. The van der Waals surface area contributed by atoms with E-state index in [0.717, 1.165) is 12.3 Å².